The first-order valence-electron chi connectivity index (χ1n) is 43.2. The number of carbonyl (C=O) groups excluding carboxylic acids is 17. The van der Waals surface area contributed by atoms with E-state index in [0.717, 1.165) is 26.5 Å². The Morgan fingerprint density at radius 3 is 1.48 bits per heavy atom. The molecule has 0 bridgehead atoms. The smallest absolute Gasteiger partial charge is 0.305 e. The van der Waals surface area contributed by atoms with Gasteiger partial charge in [-0.1, -0.05) is 88.1 Å². The maximum absolute atomic E-state index is 15.7. The van der Waals surface area contributed by atoms with Gasteiger partial charge in [-0.05, 0) is 119 Å². The second-order valence-electron chi connectivity index (χ2n) is 32.7. The van der Waals surface area contributed by atoms with Gasteiger partial charge in [0.1, 0.15) is 90.3 Å². The molecule has 9 rings (SSSR count). The number of nitrogens with zero attached hydrogens (tertiary/aromatic N) is 5. The number of nitrogens with one attached hydrogen (secondary N) is 12. The molecule has 5 aromatic rings. The van der Waals surface area contributed by atoms with Crippen molar-refractivity contribution in [3.8, 4) is 5.75 Å². The fourth-order valence-electron chi connectivity index (χ4n) is 16.5. The van der Waals surface area contributed by atoms with Gasteiger partial charge in [0.2, 0.25) is 100 Å². The number of amides is 17. The molecule has 6 heterocycles. The number of benzene rings is 3. The van der Waals surface area contributed by atoms with Gasteiger partial charge in [0, 0.05) is 106 Å². The number of hydrogen-bond donors (Lipinski definition) is 18. The fourth-order valence-corrected chi connectivity index (χ4v) is 17.3. The monoisotopic (exact) mass is 1800 g/mol. The Balaban J connectivity index is 1.07. The van der Waals surface area contributed by atoms with Crippen molar-refractivity contribution in [1.82, 2.24) is 87.6 Å². The number of para-hydroxylation sites is 2. The van der Waals surface area contributed by atoms with Crippen LogP contribution in [0.25, 0.3) is 21.8 Å². The van der Waals surface area contributed by atoms with Crippen molar-refractivity contribution in [2.45, 2.75) is 227 Å². The number of fused-ring (bicyclic) bond motifs is 5. The summed E-state index contributed by atoms with van der Waals surface area (Å²) in [6.07, 6.45) is 2.83. The Bertz CT molecular complexity index is 4870. The average molecular weight is 1800 g/mol. The van der Waals surface area contributed by atoms with Crippen molar-refractivity contribution >= 4 is 140 Å². The van der Waals surface area contributed by atoms with E-state index in [1.807, 2.05) is 13.8 Å². The maximum atomic E-state index is 15.7. The van der Waals surface area contributed by atoms with Crippen LogP contribution in [0.3, 0.4) is 0 Å². The Labute approximate surface area is 743 Å². The first-order valence-corrected chi connectivity index (χ1v) is 44.4. The molecule has 41 nitrogen and oxygen atoms in total. The number of hydrogen-bond acceptors (Lipinski definition) is 22. The van der Waals surface area contributed by atoms with Crippen molar-refractivity contribution < 1.29 is 96.5 Å². The van der Waals surface area contributed by atoms with E-state index in [0.29, 0.717) is 64.2 Å². The topological polar surface area (TPSA) is 620 Å². The van der Waals surface area contributed by atoms with Crippen LogP contribution in [0.5, 0.6) is 5.75 Å². The number of phenols is 1. The number of thioether (sulfide) groups is 1. The Morgan fingerprint density at radius 1 is 0.484 bits per heavy atom. The second kappa shape index (κ2) is 47.2. The lowest BCUT2D eigenvalue weighted by Crippen LogP contribution is -2.61. The number of phenolic OH excluding ortho intramolecular Hbond substituents is 1. The van der Waals surface area contributed by atoms with Crippen LogP contribution in [0.1, 0.15) is 140 Å². The van der Waals surface area contributed by atoms with Crippen LogP contribution in [-0.2, 0) is 106 Å². The van der Waals surface area contributed by atoms with Crippen LogP contribution in [0, 0.1) is 0 Å². The molecule has 0 saturated carbocycles. The number of rotatable bonds is 23. The molecule has 4 fully saturated rings. The number of carboxylic acid groups (broad SMARTS) is 1. The molecule has 694 valence electrons. The van der Waals surface area contributed by atoms with Crippen LogP contribution >= 0.6 is 11.8 Å². The highest BCUT2D eigenvalue weighted by Gasteiger charge is 2.46. The predicted octanol–water partition coefficient (Wildman–Crippen LogP) is -2.83. The summed E-state index contributed by atoms with van der Waals surface area (Å²) in [5, 5.41) is 48.0. The molecule has 22 N–H and O–H groups in total. The molecule has 42 heteroatoms. The molecule has 14 atom stereocenters. The van der Waals surface area contributed by atoms with Gasteiger partial charge in [0.25, 0.3) is 0 Å². The van der Waals surface area contributed by atoms with Crippen LogP contribution in [0.4, 0.5) is 0 Å². The standard InChI is InChI=1S/C86H119N21O20S/c1-6-8-21-64-78(119)94-47(3)73(114)102-63(74(115)93-44-70(90)110)45-128-46-71(111)95-59(37-48-26-28-51(108)29-27-48)84(125)106-35-15-24-66(106)80(121)100-61(40-72(112)113)85(126)107-36-16-25-67(107)81(122)101-62(41-88)77(118)97-57(30-31-69(89)109)83(124)105-34-14-23-65(105)79(120)98-58(38-49-42-91-54-19-12-10-17-52(49)54)76(117)96-56(32-33-87)75(116)99-60(39-50-43-92-55-20-13-11-18-53(50)55)82(123)104(5)68(22-9-7-2)86(127)103(64)4/h10-13,17-20,26-29,42-43,47,56-68,91-92,108H,6-9,14-16,21-25,30-41,44-46,87-88H2,1-5H3,(H2,89,109)(H2,90,110)(H,93,115)(H,94,119)(H,95,111)(H,96,117)(H,97,118)(H,98,120)(H,99,116)(H,100,121)(H,101,122)(H,102,114)(H,112,113)/t47-,56-,57?,58-,59-,60-,61?,62-,63-,64-,65-,66-,67-,68-/m0/s1. The normalized spacial score (nSPS) is 25.3. The lowest BCUT2D eigenvalue weighted by Gasteiger charge is -2.36. The summed E-state index contributed by atoms with van der Waals surface area (Å²) in [6.45, 7) is 3.16. The molecule has 2 aromatic heterocycles. The lowest BCUT2D eigenvalue weighted by molar-refractivity contribution is -0.149. The number of H-pyrrole nitrogens is 2. The zero-order chi connectivity index (χ0) is 93.2. The van der Waals surface area contributed by atoms with Crippen molar-refractivity contribution in [1.29, 1.82) is 0 Å². The minimum Gasteiger partial charge on any atom is -0.508 e. The molecule has 128 heavy (non-hydrogen) atoms. The zero-order valence-electron chi connectivity index (χ0n) is 72.5. The first-order chi connectivity index (χ1) is 61.1. The Kier molecular flexibility index (Phi) is 36.5. The van der Waals surface area contributed by atoms with Gasteiger partial charge in [-0.2, -0.15) is 0 Å². The summed E-state index contributed by atoms with van der Waals surface area (Å²) in [6, 6.07) is -1.07. The van der Waals surface area contributed by atoms with Crippen molar-refractivity contribution in [3.63, 3.8) is 0 Å². The average Bonchev–Trinajstić information content (AvgIpc) is 1.75. The van der Waals surface area contributed by atoms with Crippen LogP contribution < -0.4 is 76.1 Å². The minimum absolute atomic E-state index is 0.00780. The third-order valence-corrected chi connectivity index (χ3v) is 24.5. The van der Waals surface area contributed by atoms with E-state index in [2.05, 4.69) is 63.1 Å². The molecular weight excluding hydrogens is 1680 g/mol. The number of aromatic amines is 2. The summed E-state index contributed by atoms with van der Waals surface area (Å²) in [5.74, 6) is -17.9. The molecule has 3 aromatic carbocycles. The van der Waals surface area contributed by atoms with Gasteiger partial charge in [0.05, 0.1) is 18.7 Å². The fraction of sp³-hybridized carbons (Fsp3) is 0.535. The van der Waals surface area contributed by atoms with E-state index in [-0.39, 0.29) is 109 Å². The maximum Gasteiger partial charge on any atom is 0.305 e. The van der Waals surface area contributed by atoms with Crippen LogP contribution in [-0.4, -0.2) is 301 Å². The highest BCUT2D eigenvalue weighted by atomic mass is 32.2. The quantitative estimate of drug-likeness (QED) is 0.0313. The highest BCUT2D eigenvalue weighted by molar-refractivity contribution is 8.00. The number of carboxylic acids is 1. The molecule has 0 spiro atoms. The minimum atomic E-state index is -1.87. The van der Waals surface area contributed by atoms with E-state index >= 15 is 28.8 Å². The van der Waals surface area contributed by atoms with E-state index in [1.165, 1.54) is 55.1 Å². The molecule has 0 radical (unpaired) electrons. The summed E-state index contributed by atoms with van der Waals surface area (Å²) in [5.41, 5.74) is 26.3. The van der Waals surface area contributed by atoms with Crippen molar-refractivity contribution in [2.24, 2.45) is 22.9 Å². The molecule has 0 aliphatic carbocycles. The Morgan fingerprint density at radius 2 is 0.953 bits per heavy atom. The SMILES string of the molecule is CCCC[C@H]1C(=O)N(C)[C@@H](CCCC)C(=O)N[C@@H](C)C(=O)N[C@H](C(=O)NCC(N)=O)CSCC(=O)N[C@@H](Cc2ccc(O)cc2)C(=O)N2CCC[C@H]2C(=O)NC(CC(=O)O)C(=O)N2CCC[C@H]2C(=O)N[C@@H](CN)C(=O)NC(CCC(N)=O)C(=O)N2CCC[C@H]2C(=O)N[C@@H](Cc2c[nH]c3ccccc23)C(=O)N[C@@H](CCN)C(=O)N[C@@H](Cc2c[nH]c3ccccc23)C(=O)N1C. The van der Waals surface area contributed by atoms with Gasteiger partial charge in [-0.25, -0.2) is 0 Å². The molecule has 4 aliphatic rings. The summed E-state index contributed by atoms with van der Waals surface area (Å²) >= 11 is 0.790. The number of unbranched alkanes of at least 4 members (excludes halogenated alkanes) is 2. The molecule has 4 aliphatic heterocycles. The van der Waals surface area contributed by atoms with Crippen LogP contribution in [0.15, 0.2) is 85.2 Å². The third kappa shape index (κ3) is 26.5. The van der Waals surface area contributed by atoms with Gasteiger partial charge in [-0.3, -0.25) is 86.3 Å². The number of likely N-dealkylation sites (N-methyl/N-ethyl adjacent to an activating group) is 2. The third-order valence-electron chi connectivity index (χ3n) is 23.4. The summed E-state index contributed by atoms with van der Waals surface area (Å²) < 4.78 is 0. The number of aromatic hydroxyl groups is 1. The van der Waals surface area contributed by atoms with Gasteiger partial charge >= 0.3 is 5.97 Å². The number of primary amides is 2. The molecule has 17 amide bonds. The number of aliphatic carboxylic acids is 1. The van der Waals surface area contributed by atoms with Crippen LogP contribution in [0.2, 0.25) is 0 Å². The highest BCUT2D eigenvalue weighted by Crippen LogP contribution is 2.28. The van der Waals surface area contributed by atoms with Gasteiger partial charge in [-0.15, -0.1) is 11.8 Å². The summed E-state index contributed by atoms with van der Waals surface area (Å²) in [4.78, 5) is 272. The molecule has 4 saturated heterocycles. The van der Waals surface area contributed by atoms with E-state index in [9.17, 15) is 67.7 Å². The van der Waals surface area contributed by atoms with Crippen molar-refractivity contribution in [2.75, 3.05) is 64.9 Å². The zero-order valence-corrected chi connectivity index (χ0v) is 73.3. The van der Waals surface area contributed by atoms with E-state index in [4.69, 9.17) is 22.9 Å². The lowest BCUT2D eigenvalue weighted by atomic mass is 10.00. The molecule has 2 unspecified atom stereocenters. The van der Waals surface area contributed by atoms with Gasteiger partial charge < -0.3 is 121 Å². The van der Waals surface area contributed by atoms with Gasteiger partial charge in [0.15, 0.2) is 0 Å². The summed E-state index contributed by atoms with van der Waals surface area (Å²) in [7, 11) is 2.76. The second-order valence-corrected chi connectivity index (χ2v) is 33.7. The number of aromatic nitrogens is 2. The number of nitrogens with two attached hydrogens (primary N) is 4. The predicted molar refractivity (Wildman–Crippen MR) is 468 cm³/mol. The van der Waals surface area contributed by atoms with Crippen molar-refractivity contribution in [3.05, 3.63) is 102 Å². The van der Waals surface area contributed by atoms with E-state index < -0.39 is 235 Å². The molecular formula is C86H119N21O20S. The largest absolute Gasteiger partial charge is 0.508 e. The van der Waals surface area contributed by atoms with E-state index in [1.54, 1.807) is 60.9 Å². The Hall–Kier alpha value is -12.7. The first kappa shape index (κ1) is 99.1. The number of carbonyl (C=O) groups is 18.